The summed E-state index contributed by atoms with van der Waals surface area (Å²) in [5.41, 5.74) is 12.2. The Morgan fingerprint density at radius 1 is 1.22 bits per heavy atom. The Kier molecular flexibility index (Phi) is 3.83. The van der Waals surface area contributed by atoms with Crippen LogP contribution in [0.4, 0.5) is 0 Å². The van der Waals surface area contributed by atoms with Gasteiger partial charge in [0.25, 0.3) is 0 Å². The highest BCUT2D eigenvalue weighted by atomic mass is 32.1. The summed E-state index contributed by atoms with van der Waals surface area (Å²) in [6.45, 7) is 8.51. The third kappa shape index (κ3) is 2.47. The van der Waals surface area contributed by atoms with Gasteiger partial charge in [-0.05, 0) is 38.3 Å². The van der Waals surface area contributed by atoms with Gasteiger partial charge in [-0.1, -0.05) is 24.6 Å². The zero-order valence-electron chi connectivity index (χ0n) is 11.4. The van der Waals surface area contributed by atoms with Crippen LogP contribution >= 0.6 is 11.3 Å². The van der Waals surface area contributed by atoms with Crippen molar-refractivity contribution < 1.29 is 0 Å². The SMILES string of the molecule is CCC(N)c1nc(-c2c(C)cc(C)cc2C)cs1. The molecule has 0 radical (unpaired) electrons. The topological polar surface area (TPSA) is 38.9 Å². The van der Waals surface area contributed by atoms with Crippen molar-refractivity contribution in [3.8, 4) is 11.3 Å². The van der Waals surface area contributed by atoms with Gasteiger partial charge in [0, 0.05) is 10.9 Å². The maximum Gasteiger partial charge on any atom is 0.110 e. The molecule has 0 amide bonds. The average molecular weight is 260 g/mol. The molecule has 1 heterocycles. The van der Waals surface area contributed by atoms with Crippen LogP contribution in [0, 0.1) is 20.8 Å². The molecule has 0 spiro atoms. The van der Waals surface area contributed by atoms with Crippen LogP contribution < -0.4 is 5.73 Å². The van der Waals surface area contributed by atoms with Crippen molar-refractivity contribution in [3.05, 3.63) is 39.2 Å². The molecule has 96 valence electrons. The Morgan fingerprint density at radius 2 is 1.83 bits per heavy atom. The molecule has 1 atom stereocenters. The van der Waals surface area contributed by atoms with Gasteiger partial charge < -0.3 is 5.73 Å². The molecule has 2 N–H and O–H groups in total. The van der Waals surface area contributed by atoms with Crippen molar-refractivity contribution in [2.24, 2.45) is 5.73 Å². The summed E-state index contributed by atoms with van der Waals surface area (Å²) in [5.74, 6) is 0. The van der Waals surface area contributed by atoms with E-state index in [1.807, 2.05) is 0 Å². The summed E-state index contributed by atoms with van der Waals surface area (Å²) in [6, 6.07) is 4.48. The van der Waals surface area contributed by atoms with E-state index in [-0.39, 0.29) is 6.04 Å². The number of thiazole rings is 1. The van der Waals surface area contributed by atoms with Crippen LogP contribution in [0.3, 0.4) is 0 Å². The number of nitrogens with zero attached hydrogens (tertiary/aromatic N) is 1. The number of hydrogen-bond acceptors (Lipinski definition) is 3. The predicted molar refractivity (Wildman–Crippen MR) is 79.0 cm³/mol. The zero-order chi connectivity index (χ0) is 13.3. The maximum atomic E-state index is 6.03. The second kappa shape index (κ2) is 5.21. The molecule has 0 aliphatic heterocycles. The Morgan fingerprint density at radius 3 is 2.39 bits per heavy atom. The lowest BCUT2D eigenvalue weighted by atomic mass is 9.98. The Bertz CT molecular complexity index is 534. The van der Waals surface area contributed by atoms with Gasteiger partial charge in [0.15, 0.2) is 0 Å². The monoisotopic (exact) mass is 260 g/mol. The van der Waals surface area contributed by atoms with Crippen LogP contribution in [0.15, 0.2) is 17.5 Å². The lowest BCUT2D eigenvalue weighted by molar-refractivity contribution is 0.693. The molecule has 1 unspecified atom stereocenters. The van der Waals surface area contributed by atoms with E-state index in [0.29, 0.717) is 0 Å². The number of aromatic nitrogens is 1. The Hall–Kier alpha value is -1.19. The molecule has 2 nitrogen and oxygen atoms in total. The van der Waals surface area contributed by atoms with Crippen molar-refractivity contribution in [2.75, 3.05) is 0 Å². The fraction of sp³-hybridized carbons (Fsp3) is 0.400. The molecule has 0 saturated carbocycles. The summed E-state index contributed by atoms with van der Waals surface area (Å²) in [7, 11) is 0. The second-order valence-corrected chi connectivity index (χ2v) is 5.75. The third-order valence-corrected chi connectivity index (χ3v) is 4.19. The second-order valence-electron chi connectivity index (χ2n) is 4.86. The number of benzene rings is 1. The molecule has 0 aliphatic carbocycles. The van der Waals surface area contributed by atoms with E-state index in [4.69, 9.17) is 10.7 Å². The zero-order valence-corrected chi connectivity index (χ0v) is 12.3. The molecule has 1 aromatic heterocycles. The highest BCUT2D eigenvalue weighted by Gasteiger charge is 2.13. The molecule has 0 saturated heterocycles. The van der Waals surface area contributed by atoms with E-state index < -0.39 is 0 Å². The van der Waals surface area contributed by atoms with Gasteiger partial charge >= 0.3 is 0 Å². The normalized spacial score (nSPS) is 12.7. The maximum absolute atomic E-state index is 6.03. The summed E-state index contributed by atoms with van der Waals surface area (Å²) in [4.78, 5) is 4.70. The number of rotatable bonds is 3. The van der Waals surface area contributed by atoms with Gasteiger partial charge in [0.2, 0.25) is 0 Å². The largest absolute Gasteiger partial charge is 0.322 e. The van der Waals surface area contributed by atoms with E-state index in [1.54, 1.807) is 11.3 Å². The van der Waals surface area contributed by atoms with Crippen LogP contribution in [-0.2, 0) is 0 Å². The highest BCUT2D eigenvalue weighted by molar-refractivity contribution is 7.10. The summed E-state index contributed by atoms with van der Waals surface area (Å²) in [5, 5.41) is 3.15. The molecule has 2 rings (SSSR count). The van der Waals surface area contributed by atoms with Crippen molar-refractivity contribution in [3.63, 3.8) is 0 Å². The molecule has 0 aliphatic rings. The lowest BCUT2D eigenvalue weighted by Gasteiger charge is -2.09. The summed E-state index contributed by atoms with van der Waals surface area (Å²) >= 11 is 1.66. The first-order valence-electron chi connectivity index (χ1n) is 6.32. The van der Waals surface area contributed by atoms with Crippen molar-refractivity contribution in [2.45, 2.75) is 40.2 Å². The van der Waals surface area contributed by atoms with E-state index in [2.05, 4.69) is 45.2 Å². The van der Waals surface area contributed by atoms with E-state index in [9.17, 15) is 0 Å². The molecule has 1 aromatic carbocycles. The summed E-state index contributed by atoms with van der Waals surface area (Å²) < 4.78 is 0. The Labute approximate surface area is 113 Å². The minimum Gasteiger partial charge on any atom is -0.322 e. The average Bonchev–Trinajstić information content (AvgIpc) is 2.76. The fourth-order valence-corrected chi connectivity index (χ4v) is 3.23. The molecule has 2 aromatic rings. The van der Waals surface area contributed by atoms with Crippen LogP contribution in [0.25, 0.3) is 11.3 Å². The molecular formula is C15H20N2S. The van der Waals surface area contributed by atoms with Gasteiger partial charge in [0.1, 0.15) is 5.01 Å². The summed E-state index contributed by atoms with van der Waals surface area (Å²) in [6.07, 6.45) is 0.929. The van der Waals surface area contributed by atoms with Gasteiger partial charge in [-0.15, -0.1) is 11.3 Å². The third-order valence-electron chi connectivity index (χ3n) is 3.21. The smallest absolute Gasteiger partial charge is 0.110 e. The first kappa shape index (κ1) is 13.2. The first-order valence-corrected chi connectivity index (χ1v) is 7.20. The lowest BCUT2D eigenvalue weighted by Crippen LogP contribution is -2.07. The fourth-order valence-electron chi connectivity index (χ4n) is 2.33. The predicted octanol–water partition coefficient (Wildman–Crippen LogP) is 4.15. The highest BCUT2D eigenvalue weighted by Crippen LogP contribution is 2.31. The number of nitrogens with two attached hydrogens (primary N) is 1. The van der Waals surface area contributed by atoms with Crippen LogP contribution in [0.5, 0.6) is 0 Å². The van der Waals surface area contributed by atoms with E-state index >= 15 is 0 Å². The first-order chi connectivity index (χ1) is 8.52. The molecule has 0 bridgehead atoms. The van der Waals surface area contributed by atoms with Gasteiger partial charge in [-0.25, -0.2) is 4.98 Å². The number of aryl methyl sites for hydroxylation is 3. The molecule has 18 heavy (non-hydrogen) atoms. The Balaban J connectivity index is 2.46. The minimum atomic E-state index is 0.0646. The quantitative estimate of drug-likeness (QED) is 0.900. The van der Waals surface area contributed by atoms with Crippen LogP contribution in [-0.4, -0.2) is 4.98 Å². The molecular weight excluding hydrogens is 240 g/mol. The number of hydrogen-bond donors (Lipinski definition) is 1. The molecule has 3 heteroatoms. The van der Waals surface area contributed by atoms with Crippen LogP contribution in [0.2, 0.25) is 0 Å². The van der Waals surface area contributed by atoms with E-state index in [1.165, 1.54) is 22.3 Å². The van der Waals surface area contributed by atoms with Crippen molar-refractivity contribution >= 4 is 11.3 Å². The van der Waals surface area contributed by atoms with E-state index in [0.717, 1.165) is 17.1 Å². The standard InChI is InChI=1S/C15H20N2S/c1-5-12(16)15-17-13(8-18-15)14-10(3)6-9(2)7-11(14)4/h6-8,12H,5,16H2,1-4H3. The molecule has 0 fully saturated rings. The van der Waals surface area contributed by atoms with Gasteiger partial charge in [0.05, 0.1) is 11.7 Å². The minimum absolute atomic E-state index is 0.0646. The van der Waals surface area contributed by atoms with Crippen molar-refractivity contribution in [1.82, 2.24) is 4.98 Å². The van der Waals surface area contributed by atoms with Crippen molar-refractivity contribution in [1.29, 1.82) is 0 Å². The van der Waals surface area contributed by atoms with Gasteiger partial charge in [-0.2, -0.15) is 0 Å². The van der Waals surface area contributed by atoms with Gasteiger partial charge in [-0.3, -0.25) is 0 Å². The van der Waals surface area contributed by atoms with Crippen LogP contribution in [0.1, 0.15) is 41.1 Å².